The molecule has 0 aliphatic rings. The van der Waals surface area contributed by atoms with E-state index in [9.17, 15) is 4.79 Å². The highest BCUT2D eigenvalue weighted by molar-refractivity contribution is 6.04. The van der Waals surface area contributed by atoms with Crippen molar-refractivity contribution in [2.45, 2.75) is 33.6 Å². The number of aromatic nitrogens is 3. The first-order chi connectivity index (χ1) is 17.1. The zero-order valence-corrected chi connectivity index (χ0v) is 20.3. The summed E-state index contributed by atoms with van der Waals surface area (Å²) in [5, 5.41) is 7.48. The summed E-state index contributed by atoms with van der Waals surface area (Å²) in [5.41, 5.74) is 4.13. The van der Waals surface area contributed by atoms with Crippen LogP contribution in [0, 0.1) is 6.92 Å². The van der Waals surface area contributed by atoms with Crippen LogP contribution >= 0.6 is 0 Å². The van der Waals surface area contributed by atoms with E-state index < -0.39 is 0 Å². The lowest BCUT2D eigenvalue weighted by Crippen LogP contribution is -2.12. The number of nitrogens with zero attached hydrogens (tertiary/aromatic N) is 3. The Labute approximate surface area is 205 Å². The molecule has 0 spiro atoms. The van der Waals surface area contributed by atoms with E-state index in [-0.39, 0.29) is 5.91 Å². The van der Waals surface area contributed by atoms with Gasteiger partial charge in [-0.1, -0.05) is 37.6 Å². The zero-order valence-electron chi connectivity index (χ0n) is 20.3. The van der Waals surface area contributed by atoms with Gasteiger partial charge in [0, 0.05) is 16.8 Å². The Morgan fingerprint density at radius 3 is 2.37 bits per heavy atom. The summed E-state index contributed by atoms with van der Waals surface area (Å²) >= 11 is 0. The maximum Gasteiger partial charge on any atom is 0.336 e. The molecule has 0 aliphatic heterocycles. The second-order valence-corrected chi connectivity index (χ2v) is 8.11. The van der Waals surface area contributed by atoms with Gasteiger partial charge in [0.2, 0.25) is 0 Å². The van der Waals surface area contributed by atoms with E-state index in [0.717, 1.165) is 35.4 Å². The van der Waals surface area contributed by atoms with Gasteiger partial charge in [-0.15, -0.1) is 5.10 Å². The Hall–Kier alpha value is -4.13. The number of hydrogen-bond acceptors (Lipinski definition) is 5. The van der Waals surface area contributed by atoms with Crippen LogP contribution < -0.4 is 14.8 Å². The molecule has 7 heteroatoms. The fraction of sp³-hybridized carbons (Fsp3) is 0.250. The van der Waals surface area contributed by atoms with E-state index in [1.165, 1.54) is 0 Å². The second kappa shape index (κ2) is 11.3. The van der Waals surface area contributed by atoms with E-state index in [1.807, 2.05) is 74.5 Å². The van der Waals surface area contributed by atoms with Gasteiger partial charge in [-0.25, -0.2) is 4.68 Å². The topological polar surface area (TPSA) is 78.3 Å². The van der Waals surface area contributed by atoms with E-state index in [1.54, 1.807) is 16.8 Å². The van der Waals surface area contributed by atoms with Gasteiger partial charge in [0.25, 0.3) is 5.91 Å². The minimum absolute atomic E-state index is 0.183. The molecular weight excluding hydrogens is 440 g/mol. The SMILES string of the molecule is CCCCOc1ccc(C(=O)Nc2ccc(-n3nc(OCC)nc3-c3ccccc3C)cc2)cc1. The maximum absolute atomic E-state index is 12.7. The smallest absolute Gasteiger partial charge is 0.336 e. The van der Waals surface area contributed by atoms with Crippen molar-refractivity contribution >= 4 is 11.6 Å². The van der Waals surface area contributed by atoms with Crippen molar-refractivity contribution in [2.24, 2.45) is 0 Å². The number of anilines is 1. The molecule has 0 bridgehead atoms. The molecule has 3 aromatic carbocycles. The van der Waals surface area contributed by atoms with Gasteiger partial charge in [0.15, 0.2) is 5.82 Å². The molecule has 0 radical (unpaired) electrons. The highest BCUT2D eigenvalue weighted by atomic mass is 16.5. The lowest BCUT2D eigenvalue weighted by atomic mass is 10.1. The number of benzene rings is 3. The van der Waals surface area contributed by atoms with Crippen molar-refractivity contribution in [3.05, 3.63) is 83.9 Å². The molecule has 0 atom stereocenters. The van der Waals surface area contributed by atoms with Gasteiger partial charge in [-0.05, 0) is 74.4 Å². The molecular formula is C28H30N4O3. The van der Waals surface area contributed by atoms with Crippen molar-refractivity contribution in [2.75, 3.05) is 18.5 Å². The standard InChI is InChI=1S/C28H30N4O3/c1-4-6-19-35-24-17-11-21(12-18-24)27(33)29-22-13-15-23(16-14-22)32-26(30-28(31-32)34-5-2)25-10-8-7-9-20(25)3/h7-18H,4-6,19H2,1-3H3,(H,29,33). The van der Waals surface area contributed by atoms with Gasteiger partial charge in [-0.3, -0.25) is 4.79 Å². The van der Waals surface area contributed by atoms with Crippen molar-refractivity contribution in [3.8, 4) is 28.8 Å². The molecule has 0 aliphatic carbocycles. The fourth-order valence-electron chi connectivity index (χ4n) is 3.59. The number of hydrogen-bond donors (Lipinski definition) is 1. The van der Waals surface area contributed by atoms with Crippen LogP contribution in [-0.4, -0.2) is 33.9 Å². The highest BCUT2D eigenvalue weighted by Gasteiger charge is 2.16. The Morgan fingerprint density at radius 1 is 0.943 bits per heavy atom. The normalized spacial score (nSPS) is 10.7. The van der Waals surface area contributed by atoms with Crippen LogP contribution in [0.5, 0.6) is 11.8 Å². The molecule has 1 amide bonds. The monoisotopic (exact) mass is 470 g/mol. The van der Waals surface area contributed by atoms with Gasteiger partial charge in [0.1, 0.15) is 5.75 Å². The number of rotatable bonds is 10. The quantitative estimate of drug-likeness (QED) is 0.285. The second-order valence-electron chi connectivity index (χ2n) is 8.11. The van der Waals surface area contributed by atoms with Gasteiger partial charge in [0.05, 0.1) is 18.9 Å². The summed E-state index contributed by atoms with van der Waals surface area (Å²) in [6, 6.07) is 23.0. The van der Waals surface area contributed by atoms with Gasteiger partial charge >= 0.3 is 6.01 Å². The summed E-state index contributed by atoms with van der Waals surface area (Å²) in [4.78, 5) is 17.3. The van der Waals surface area contributed by atoms with Crippen LogP contribution in [0.2, 0.25) is 0 Å². The first-order valence-corrected chi connectivity index (χ1v) is 11.9. The van der Waals surface area contributed by atoms with E-state index >= 15 is 0 Å². The Bertz CT molecular complexity index is 1260. The molecule has 0 fully saturated rings. The first-order valence-electron chi connectivity index (χ1n) is 11.9. The van der Waals surface area contributed by atoms with E-state index in [4.69, 9.17) is 9.47 Å². The van der Waals surface area contributed by atoms with E-state index in [0.29, 0.717) is 36.3 Å². The average molecular weight is 471 g/mol. The van der Waals surface area contributed by atoms with Crippen LogP contribution in [0.15, 0.2) is 72.8 Å². The molecule has 1 heterocycles. The number of ether oxygens (including phenoxy) is 2. The van der Waals surface area contributed by atoms with Crippen LogP contribution in [-0.2, 0) is 0 Å². The van der Waals surface area contributed by atoms with Crippen molar-refractivity contribution < 1.29 is 14.3 Å². The number of amides is 1. The minimum Gasteiger partial charge on any atom is -0.494 e. The van der Waals surface area contributed by atoms with Gasteiger partial charge < -0.3 is 14.8 Å². The third-order valence-corrected chi connectivity index (χ3v) is 5.50. The lowest BCUT2D eigenvalue weighted by molar-refractivity contribution is 0.102. The summed E-state index contributed by atoms with van der Waals surface area (Å²) in [6.45, 7) is 7.22. The van der Waals surface area contributed by atoms with Gasteiger partial charge in [-0.2, -0.15) is 4.98 Å². The molecule has 1 N–H and O–H groups in total. The molecule has 4 rings (SSSR count). The van der Waals surface area contributed by atoms with Crippen molar-refractivity contribution in [1.82, 2.24) is 14.8 Å². The molecule has 180 valence electrons. The summed E-state index contributed by atoms with van der Waals surface area (Å²) in [6.07, 6.45) is 2.09. The maximum atomic E-state index is 12.7. The van der Waals surface area contributed by atoms with Crippen LogP contribution in [0.3, 0.4) is 0 Å². The molecule has 7 nitrogen and oxygen atoms in total. The third kappa shape index (κ3) is 5.87. The number of aryl methyl sites for hydroxylation is 1. The van der Waals surface area contributed by atoms with Crippen molar-refractivity contribution in [1.29, 1.82) is 0 Å². The zero-order chi connectivity index (χ0) is 24.6. The molecule has 4 aromatic rings. The van der Waals surface area contributed by atoms with Crippen molar-refractivity contribution in [3.63, 3.8) is 0 Å². The highest BCUT2D eigenvalue weighted by Crippen LogP contribution is 2.27. The average Bonchev–Trinajstić information content (AvgIpc) is 3.29. The lowest BCUT2D eigenvalue weighted by Gasteiger charge is -2.10. The van der Waals surface area contributed by atoms with E-state index in [2.05, 4.69) is 22.3 Å². The number of carbonyl (C=O) groups excluding carboxylic acids is 1. The fourth-order valence-corrected chi connectivity index (χ4v) is 3.59. The molecule has 1 aromatic heterocycles. The summed E-state index contributed by atoms with van der Waals surface area (Å²) in [5.74, 6) is 1.28. The Morgan fingerprint density at radius 2 is 1.69 bits per heavy atom. The molecule has 35 heavy (non-hydrogen) atoms. The predicted octanol–water partition coefficient (Wildman–Crippen LogP) is 6.07. The molecule has 0 saturated heterocycles. The predicted molar refractivity (Wildman–Crippen MR) is 137 cm³/mol. The van der Waals surface area contributed by atoms with Crippen LogP contribution in [0.4, 0.5) is 5.69 Å². The summed E-state index contributed by atoms with van der Waals surface area (Å²) in [7, 11) is 0. The number of nitrogens with one attached hydrogen (secondary N) is 1. The van der Waals surface area contributed by atoms with Crippen LogP contribution in [0.25, 0.3) is 17.1 Å². The minimum atomic E-state index is -0.183. The Kier molecular flexibility index (Phi) is 7.77. The Balaban J connectivity index is 1.50. The largest absolute Gasteiger partial charge is 0.494 e. The van der Waals surface area contributed by atoms with Crippen LogP contribution in [0.1, 0.15) is 42.6 Å². The molecule has 0 saturated carbocycles. The number of unbranched alkanes of at least 4 members (excludes halogenated alkanes) is 1. The third-order valence-electron chi connectivity index (χ3n) is 5.50. The number of carbonyl (C=O) groups is 1. The summed E-state index contributed by atoms with van der Waals surface area (Å²) < 4.78 is 13.0. The molecule has 0 unspecified atom stereocenters. The first kappa shape index (κ1) is 24.0.